The zero-order valence-electron chi connectivity index (χ0n) is 10.9. The van der Waals surface area contributed by atoms with E-state index in [4.69, 9.17) is 0 Å². The lowest BCUT2D eigenvalue weighted by molar-refractivity contribution is 0.515. The summed E-state index contributed by atoms with van der Waals surface area (Å²) in [5.41, 5.74) is 1.35. The van der Waals surface area contributed by atoms with Crippen LogP contribution in [0.3, 0.4) is 0 Å². The third kappa shape index (κ3) is 1.88. The van der Waals surface area contributed by atoms with Crippen molar-refractivity contribution in [1.82, 2.24) is 9.97 Å². The van der Waals surface area contributed by atoms with Crippen molar-refractivity contribution < 1.29 is 8.78 Å². The number of imidazole rings is 1. The van der Waals surface area contributed by atoms with Crippen LogP contribution >= 0.6 is 0 Å². The maximum Gasteiger partial charge on any atom is 0.186 e. The van der Waals surface area contributed by atoms with Crippen LogP contribution in [0.4, 0.5) is 8.78 Å². The van der Waals surface area contributed by atoms with E-state index in [0.29, 0.717) is 11.3 Å². The highest BCUT2D eigenvalue weighted by atomic mass is 19.2. The zero-order chi connectivity index (χ0) is 14.4. The summed E-state index contributed by atoms with van der Waals surface area (Å²) in [7, 11) is 0. The van der Waals surface area contributed by atoms with Crippen LogP contribution in [-0.2, 0) is 0 Å². The summed E-state index contributed by atoms with van der Waals surface area (Å²) in [6, 6.07) is 16.4. The fraction of sp³-hybridized carbons (Fsp3) is 0. The topological polar surface area (TPSA) is 28.7 Å². The molecule has 3 aromatic carbocycles. The average molecular weight is 280 g/mol. The van der Waals surface area contributed by atoms with Gasteiger partial charge in [0, 0.05) is 5.56 Å². The summed E-state index contributed by atoms with van der Waals surface area (Å²) < 4.78 is 27.0. The summed E-state index contributed by atoms with van der Waals surface area (Å²) in [5, 5.41) is 2.19. The Morgan fingerprint density at radius 2 is 1.67 bits per heavy atom. The lowest BCUT2D eigenvalue weighted by Crippen LogP contribution is -1.84. The van der Waals surface area contributed by atoms with Crippen molar-refractivity contribution in [3.05, 3.63) is 66.2 Å². The standard InChI is InChI=1S/C17H10F2N2/c18-13-7-8-14-16(15(13)19)21-17(20-14)12-6-5-10-3-1-2-4-11(10)9-12/h1-9H,(H,20,21). The third-order valence-corrected chi connectivity index (χ3v) is 3.57. The van der Waals surface area contributed by atoms with Crippen molar-refractivity contribution in [2.24, 2.45) is 0 Å². The molecule has 1 aromatic heterocycles. The molecule has 0 spiro atoms. The van der Waals surface area contributed by atoms with Crippen molar-refractivity contribution in [2.75, 3.05) is 0 Å². The van der Waals surface area contributed by atoms with Crippen molar-refractivity contribution in [3.63, 3.8) is 0 Å². The number of halogens is 2. The summed E-state index contributed by atoms with van der Waals surface area (Å²) >= 11 is 0. The van der Waals surface area contributed by atoms with Crippen LogP contribution in [0.5, 0.6) is 0 Å². The SMILES string of the molecule is Fc1ccc2[nH]c(-c3ccc4ccccc4c3)nc2c1F. The summed E-state index contributed by atoms with van der Waals surface area (Å²) in [4.78, 5) is 7.21. The number of H-pyrrole nitrogens is 1. The van der Waals surface area contributed by atoms with Gasteiger partial charge in [0.25, 0.3) is 0 Å². The van der Waals surface area contributed by atoms with Crippen LogP contribution in [-0.4, -0.2) is 9.97 Å². The second-order valence-corrected chi connectivity index (χ2v) is 4.90. The van der Waals surface area contributed by atoms with Crippen LogP contribution in [0, 0.1) is 11.6 Å². The number of nitrogens with zero attached hydrogens (tertiary/aromatic N) is 1. The fourth-order valence-electron chi connectivity index (χ4n) is 2.49. The quantitative estimate of drug-likeness (QED) is 0.539. The minimum Gasteiger partial charge on any atom is -0.338 e. The van der Waals surface area contributed by atoms with E-state index in [0.717, 1.165) is 22.4 Å². The van der Waals surface area contributed by atoms with Gasteiger partial charge in [-0.2, -0.15) is 0 Å². The number of hydrogen-bond donors (Lipinski definition) is 1. The molecule has 0 atom stereocenters. The van der Waals surface area contributed by atoms with Gasteiger partial charge < -0.3 is 4.98 Å². The minimum atomic E-state index is -0.921. The van der Waals surface area contributed by atoms with Crippen molar-refractivity contribution >= 4 is 21.8 Å². The van der Waals surface area contributed by atoms with E-state index in [-0.39, 0.29) is 5.52 Å². The monoisotopic (exact) mass is 280 g/mol. The molecule has 4 aromatic rings. The van der Waals surface area contributed by atoms with Gasteiger partial charge in [-0.3, -0.25) is 0 Å². The molecule has 0 unspecified atom stereocenters. The Morgan fingerprint density at radius 3 is 2.52 bits per heavy atom. The second-order valence-electron chi connectivity index (χ2n) is 4.90. The van der Waals surface area contributed by atoms with Gasteiger partial charge in [0.2, 0.25) is 0 Å². The molecular weight excluding hydrogens is 270 g/mol. The Kier molecular flexibility index (Phi) is 2.51. The van der Waals surface area contributed by atoms with Gasteiger partial charge in [-0.15, -0.1) is 0 Å². The number of nitrogens with one attached hydrogen (secondary N) is 1. The highest BCUT2D eigenvalue weighted by Gasteiger charge is 2.12. The van der Waals surface area contributed by atoms with E-state index in [1.165, 1.54) is 6.07 Å². The molecule has 1 N–H and O–H groups in total. The van der Waals surface area contributed by atoms with Gasteiger partial charge in [-0.25, -0.2) is 13.8 Å². The summed E-state index contributed by atoms with van der Waals surface area (Å²) in [6.07, 6.45) is 0. The van der Waals surface area contributed by atoms with E-state index in [1.54, 1.807) is 0 Å². The fourth-order valence-corrected chi connectivity index (χ4v) is 2.49. The van der Waals surface area contributed by atoms with Gasteiger partial charge in [-0.05, 0) is 29.0 Å². The molecule has 0 bridgehead atoms. The first-order valence-electron chi connectivity index (χ1n) is 6.55. The Labute approximate surface area is 119 Å². The number of rotatable bonds is 1. The van der Waals surface area contributed by atoms with Crippen LogP contribution in [0.25, 0.3) is 33.2 Å². The molecule has 0 fully saturated rings. The lowest BCUT2D eigenvalue weighted by atomic mass is 10.1. The van der Waals surface area contributed by atoms with E-state index >= 15 is 0 Å². The molecule has 0 saturated heterocycles. The molecule has 0 saturated carbocycles. The maximum absolute atomic E-state index is 13.7. The molecule has 0 aliphatic carbocycles. The van der Waals surface area contributed by atoms with E-state index in [2.05, 4.69) is 9.97 Å². The van der Waals surface area contributed by atoms with Crippen LogP contribution < -0.4 is 0 Å². The molecule has 4 rings (SSSR count). The van der Waals surface area contributed by atoms with Crippen LogP contribution in [0.2, 0.25) is 0 Å². The zero-order valence-corrected chi connectivity index (χ0v) is 10.9. The molecular formula is C17H10F2N2. The molecule has 4 heteroatoms. The largest absolute Gasteiger partial charge is 0.338 e. The molecule has 0 aliphatic heterocycles. The van der Waals surface area contributed by atoms with Crippen LogP contribution in [0.15, 0.2) is 54.6 Å². The van der Waals surface area contributed by atoms with E-state index in [9.17, 15) is 8.78 Å². The summed E-state index contributed by atoms with van der Waals surface area (Å²) in [6.45, 7) is 0. The number of hydrogen-bond acceptors (Lipinski definition) is 1. The highest BCUT2D eigenvalue weighted by Crippen LogP contribution is 2.26. The Hall–Kier alpha value is -2.75. The molecule has 2 nitrogen and oxygen atoms in total. The molecule has 21 heavy (non-hydrogen) atoms. The first kappa shape index (κ1) is 12.0. The Bertz CT molecular complexity index is 973. The van der Waals surface area contributed by atoms with E-state index < -0.39 is 11.6 Å². The normalized spacial score (nSPS) is 11.3. The van der Waals surface area contributed by atoms with Crippen molar-refractivity contribution in [1.29, 1.82) is 0 Å². The lowest BCUT2D eigenvalue weighted by Gasteiger charge is -2.00. The van der Waals surface area contributed by atoms with Gasteiger partial charge in [0.15, 0.2) is 11.6 Å². The van der Waals surface area contributed by atoms with Crippen molar-refractivity contribution in [2.45, 2.75) is 0 Å². The van der Waals surface area contributed by atoms with Crippen LogP contribution in [0.1, 0.15) is 0 Å². The van der Waals surface area contributed by atoms with Gasteiger partial charge in [0.05, 0.1) is 5.52 Å². The van der Waals surface area contributed by atoms with E-state index in [1.807, 2.05) is 42.5 Å². The predicted molar refractivity (Wildman–Crippen MR) is 79.0 cm³/mol. The predicted octanol–water partition coefficient (Wildman–Crippen LogP) is 4.66. The number of fused-ring (bicyclic) bond motifs is 2. The number of aromatic amines is 1. The Balaban J connectivity index is 1.93. The maximum atomic E-state index is 13.7. The Morgan fingerprint density at radius 1 is 0.857 bits per heavy atom. The second kappa shape index (κ2) is 4.38. The average Bonchev–Trinajstić information content (AvgIpc) is 2.95. The van der Waals surface area contributed by atoms with Gasteiger partial charge in [-0.1, -0.05) is 36.4 Å². The molecule has 0 radical (unpaired) electrons. The van der Waals surface area contributed by atoms with Gasteiger partial charge in [0.1, 0.15) is 11.3 Å². The molecule has 1 heterocycles. The smallest absolute Gasteiger partial charge is 0.186 e. The van der Waals surface area contributed by atoms with Gasteiger partial charge >= 0.3 is 0 Å². The number of benzene rings is 3. The highest BCUT2D eigenvalue weighted by molar-refractivity contribution is 5.88. The number of aromatic nitrogens is 2. The molecule has 0 amide bonds. The minimum absolute atomic E-state index is 0.0261. The molecule has 102 valence electrons. The third-order valence-electron chi connectivity index (χ3n) is 3.57. The first-order valence-corrected chi connectivity index (χ1v) is 6.55. The summed E-state index contributed by atoms with van der Waals surface area (Å²) in [5.74, 6) is -1.28. The first-order chi connectivity index (χ1) is 10.2. The van der Waals surface area contributed by atoms with Crippen molar-refractivity contribution in [3.8, 4) is 11.4 Å². The molecule has 0 aliphatic rings.